The van der Waals surface area contributed by atoms with Crippen LogP contribution in [-0.4, -0.2) is 29.9 Å². The Balaban J connectivity index is 1.63. The van der Waals surface area contributed by atoms with Gasteiger partial charge in [-0.25, -0.2) is 18.4 Å². The van der Waals surface area contributed by atoms with Crippen LogP contribution in [0.2, 0.25) is 0 Å². The van der Waals surface area contributed by atoms with E-state index in [1.165, 1.54) is 7.11 Å². The second-order valence-electron chi connectivity index (χ2n) is 6.73. The molecule has 1 N–H and O–H groups in total. The maximum absolute atomic E-state index is 12.6. The number of sulfonamides is 1. The van der Waals surface area contributed by atoms with Crippen LogP contribution in [0, 0.1) is 6.92 Å². The van der Waals surface area contributed by atoms with E-state index in [1.54, 1.807) is 28.8 Å². The van der Waals surface area contributed by atoms with Gasteiger partial charge in [0.15, 0.2) is 0 Å². The van der Waals surface area contributed by atoms with Gasteiger partial charge in [-0.1, -0.05) is 29.8 Å². The molecular formula is C22H20N4O3S. The van der Waals surface area contributed by atoms with Crippen LogP contribution >= 0.6 is 0 Å². The van der Waals surface area contributed by atoms with Crippen LogP contribution in [0.4, 0.5) is 5.69 Å². The summed E-state index contributed by atoms with van der Waals surface area (Å²) in [6.07, 6.45) is 6.90. The summed E-state index contributed by atoms with van der Waals surface area (Å²) in [5, 5.41) is 1.14. The van der Waals surface area contributed by atoms with E-state index in [0.29, 0.717) is 22.9 Å². The average Bonchev–Trinajstić information content (AvgIpc) is 3.17. The minimum atomic E-state index is -3.75. The molecule has 0 spiro atoms. The first kappa shape index (κ1) is 19.7. The molecule has 0 saturated carbocycles. The molecule has 0 aliphatic heterocycles. The highest BCUT2D eigenvalue weighted by atomic mass is 32.2. The van der Waals surface area contributed by atoms with Gasteiger partial charge in [-0.05, 0) is 42.8 Å². The topological polar surface area (TPSA) is 85.6 Å². The van der Waals surface area contributed by atoms with Crippen LogP contribution in [0.5, 0.6) is 5.75 Å². The second kappa shape index (κ2) is 8.00. The van der Waals surface area contributed by atoms with Gasteiger partial charge in [0.2, 0.25) is 5.78 Å². The molecule has 4 aromatic rings. The van der Waals surface area contributed by atoms with Gasteiger partial charge in [0, 0.05) is 24.2 Å². The summed E-state index contributed by atoms with van der Waals surface area (Å²) in [5.74, 6) is 0.972. The zero-order valence-corrected chi connectivity index (χ0v) is 17.3. The molecule has 0 fully saturated rings. The van der Waals surface area contributed by atoms with Crippen LogP contribution in [0.3, 0.4) is 0 Å². The number of hydrogen-bond donors (Lipinski definition) is 1. The number of rotatable bonds is 6. The number of ether oxygens (including phenoxy) is 1. The third-order valence-corrected chi connectivity index (χ3v) is 5.50. The lowest BCUT2D eigenvalue weighted by Crippen LogP contribution is -2.10. The van der Waals surface area contributed by atoms with Crippen molar-refractivity contribution in [1.82, 2.24) is 14.4 Å². The number of hydrogen-bond acceptors (Lipinski definition) is 5. The minimum absolute atomic E-state index is 0.327. The van der Waals surface area contributed by atoms with E-state index in [9.17, 15) is 8.42 Å². The Labute approximate surface area is 174 Å². The number of aromatic nitrogens is 3. The van der Waals surface area contributed by atoms with E-state index in [4.69, 9.17) is 4.74 Å². The molecule has 0 atom stereocenters. The van der Waals surface area contributed by atoms with E-state index < -0.39 is 10.0 Å². The van der Waals surface area contributed by atoms with Crippen molar-refractivity contribution in [2.45, 2.75) is 6.92 Å². The average molecular weight is 420 g/mol. The van der Waals surface area contributed by atoms with Crippen LogP contribution in [0.25, 0.3) is 23.1 Å². The lowest BCUT2D eigenvalue weighted by Gasteiger charge is -2.11. The second-order valence-corrected chi connectivity index (χ2v) is 8.29. The number of imidazole rings is 1. The molecule has 2 heterocycles. The molecule has 2 aromatic carbocycles. The highest BCUT2D eigenvalue weighted by molar-refractivity contribution is 7.95. The van der Waals surface area contributed by atoms with E-state index in [1.807, 2.05) is 55.7 Å². The summed E-state index contributed by atoms with van der Waals surface area (Å²) in [6.45, 7) is 1.98. The quantitative estimate of drug-likeness (QED) is 0.507. The van der Waals surface area contributed by atoms with Gasteiger partial charge in [0.1, 0.15) is 5.75 Å². The molecule has 0 aliphatic carbocycles. The molecule has 0 bridgehead atoms. The summed E-state index contributed by atoms with van der Waals surface area (Å²) in [6, 6.07) is 14.6. The van der Waals surface area contributed by atoms with Gasteiger partial charge in [-0.15, -0.1) is 0 Å². The number of anilines is 1. The number of nitrogens with one attached hydrogen (secondary N) is 1. The molecule has 0 amide bonds. The third kappa shape index (κ3) is 4.33. The Kier molecular flexibility index (Phi) is 5.24. The van der Waals surface area contributed by atoms with E-state index in [0.717, 1.165) is 22.1 Å². The summed E-state index contributed by atoms with van der Waals surface area (Å²) in [5.41, 5.74) is 3.64. The molecule has 7 nitrogen and oxygen atoms in total. The number of benzene rings is 2. The van der Waals surface area contributed by atoms with Crippen molar-refractivity contribution >= 4 is 27.6 Å². The number of nitrogens with zero attached hydrogens (tertiary/aromatic N) is 3. The maximum atomic E-state index is 12.6. The standard InChI is InChI=1S/C22H20N4O3S/c1-16-4-6-17(7-5-16)10-13-30(27,28)25-19-14-18(8-9-21(19)29-2)20-15-26-12-3-11-23-22(26)24-20/h3-15,25H,1-2H3/b13-10+. The molecule has 152 valence electrons. The molecule has 0 saturated heterocycles. The van der Waals surface area contributed by atoms with E-state index in [2.05, 4.69) is 14.7 Å². The molecule has 0 radical (unpaired) electrons. The summed E-state index contributed by atoms with van der Waals surface area (Å²) >= 11 is 0. The fraction of sp³-hybridized carbons (Fsp3) is 0.0909. The van der Waals surface area contributed by atoms with Crippen molar-refractivity contribution in [3.63, 3.8) is 0 Å². The maximum Gasteiger partial charge on any atom is 0.255 e. The van der Waals surface area contributed by atoms with E-state index in [-0.39, 0.29) is 0 Å². The summed E-state index contributed by atoms with van der Waals surface area (Å²) in [4.78, 5) is 8.69. The highest BCUT2D eigenvalue weighted by Gasteiger charge is 2.13. The van der Waals surface area contributed by atoms with Crippen molar-refractivity contribution in [3.8, 4) is 17.0 Å². The van der Waals surface area contributed by atoms with Crippen molar-refractivity contribution < 1.29 is 13.2 Å². The molecular weight excluding hydrogens is 400 g/mol. The fourth-order valence-corrected chi connectivity index (χ4v) is 3.82. The molecule has 2 aromatic heterocycles. The van der Waals surface area contributed by atoms with Crippen LogP contribution in [0.15, 0.2) is 72.5 Å². The Morgan fingerprint density at radius 3 is 2.67 bits per heavy atom. The zero-order valence-electron chi connectivity index (χ0n) is 16.5. The van der Waals surface area contributed by atoms with Crippen LogP contribution < -0.4 is 9.46 Å². The van der Waals surface area contributed by atoms with Gasteiger partial charge >= 0.3 is 0 Å². The van der Waals surface area contributed by atoms with Gasteiger partial charge in [-0.2, -0.15) is 0 Å². The zero-order chi connectivity index (χ0) is 21.1. The number of methoxy groups -OCH3 is 1. The SMILES string of the molecule is COc1ccc(-c2cn3cccnc3n2)cc1NS(=O)(=O)/C=C/c1ccc(C)cc1. The van der Waals surface area contributed by atoms with Gasteiger partial charge in [0.25, 0.3) is 10.0 Å². The first-order valence-corrected chi connectivity index (χ1v) is 10.7. The molecule has 0 aliphatic rings. The molecule has 8 heteroatoms. The normalized spacial score (nSPS) is 11.8. The van der Waals surface area contributed by atoms with Gasteiger partial charge in [-0.3, -0.25) is 9.12 Å². The van der Waals surface area contributed by atoms with Crippen LogP contribution in [0.1, 0.15) is 11.1 Å². The Bertz CT molecular complexity index is 1290. The highest BCUT2D eigenvalue weighted by Crippen LogP contribution is 2.31. The smallest absolute Gasteiger partial charge is 0.255 e. The lowest BCUT2D eigenvalue weighted by molar-refractivity contribution is 0.417. The summed E-state index contributed by atoms with van der Waals surface area (Å²) < 4.78 is 34.9. The number of fused-ring (bicyclic) bond motifs is 1. The van der Waals surface area contributed by atoms with Crippen molar-refractivity contribution in [3.05, 3.63) is 83.7 Å². The first-order valence-electron chi connectivity index (χ1n) is 9.19. The van der Waals surface area contributed by atoms with Gasteiger partial charge < -0.3 is 4.74 Å². The third-order valence-electron chi connectivity index (χ3n) is 4.50. The van der Waals surface area contributed by atoms with E-state index >= 15 is 0 Å². The molecule has 30 heavy (non-hydrogen) atoms. The number of aryl methyl sites for hydroxylation is 1. The monoisotopic (exact) mass is 420 g/mol. The Morgan fingerprint density at radius 1 is 1.13 bits per heavy atom. The Morgan fingerprint density at radius 2 is 1.93 bits per heavy atom. The van der Waals surface area contributed by atoms with Crippen molar-refractivity contribution in [2.75, 3.05) is 11.8 Å². The van der Waals surface area contributed by atoms with Crippen molar-refractivity contribution in [1.29, 1.82) is 0 Å². The molecule has 0 unspecified atom stereocenters. The Hall–Kier alpha value is -3.65. The lowest BCUT2D eigenvalue weighted by atomic mass is 10.1. The van der Waals surface area contributed by atoms with Crippen LogP contribution in [-0.2, 0) is 10.0 Å². The van der Waals surface area contributed by atoms with Gasteiger partial charge in [0.05, 0.1) is 23.9 Å². The minimum Gasteiger partial charge on any atom is -0.495 e. The summed E-state index contributed by atoms with van der Waals surface area (Å²) in [7, 11) is -2.26. The molecule has 4 rings (SSSR count). The predicted octanol–water partition coefficient (Wildman–Crippen LogP) is 4.13. The first-order chi connectivity index (χ1) is 14.4. The fourth-order valence-electron chi connectivity index (χ4n) is 2.95. The largest absolute Gasteiger partial charge is 0.495 e. The predicted molar refractivity (Wildman–Crippen MR) is 118 cm³/mol. The van der Waals surface area contributed by atoms with Crippen molar-refractivity contribution in [2.24, 2.45) is 0 Å².